The van der Waals surface area contributed by atoms with Crippen LogP contribution in [0.1, 0.15) is 11.1 Å². The van der Waals surface area contributed by atoms with Crippen molar-refractivity contribution in [2.45, 2.75) is 17.1 Å². The second kappa shape index (κ2) is 8.83. The molecule has 0 amide bonds. The number of nitrogens with zero attached hydrogens (tertiary/aromatic N) is 3. The van der Waals surface area contributed by atoms with Gasteiger partial charge in [-0.2, -0.15) is 13.2 Å². The molecule has 0 aliphatic rings. The minimum Gasteiger partial charge on any atom is -0.339 e. The number of alkyl halides is 3. The van der Waals surface area contributed by atoms with Gasteiger partial charge in [-0.3, -0.25) is 10.1 Å². The molecule has 0 saturated carbocycles. The van der Waals surface area contributed by atoms with Gasteiger partial charge in [-0.15, -0.1) is 0 Å². The summed E-state index contributed by atoms with van der Waals surface area (Å²) >= 11 is 1.28. The molecule has 0 saturated heterocycles. The smallest absolute Gasteiger partial charge is 0.339 e. The predicted octanol–water partition coefficient (Wildman–Crippen LogP) is 6.59. The van der Waals surface area contributed by atoms with E-state index in [2.05, 4.69) is 15.3 Å². The number of non-ortho nitro benzene ring substituents is 1. The van der Waals surface area contributed by atoms with E-state index in [-0.39, 0.29) is 5.69 Å². The van der Waals surface area contributed by atoms with Crippen LogP contribution in [0, 0.1) is 10.1 Å². The molecular weight excluding hydrogens is 441 g/mol. The molecule has 1 heterocycles. The monoisotopic (exact) mass is 456 g/mol. The van der Waals surface area contributed by atoms with Crippen molar-refractivity contribution in [2.24, 2.45) is 0 Å². The summed E-state index contributed by atoms with van der Waals surface area (Å²) in [6, 6.07) is 18.3. The number of thioether (sulfide) groups is 1. The molecule has 1 N–H and O–H groups in total. The molecule has 32 heavy (non-hydrogen) atoms. The van der Waals surface area contributed by atoms with Crippen LogP contribution in [0.2, 0.25) is 0 Å². The molecule has 0 fully saturated rings. The summed E-state index contributed by atoms with van der Waals surface area (Å²) in [5.41, 5.74) is 1.13. The molecule has 3 aromatic carbocycles. The normalized spacial score (nSPS) is 11.5. The lowest BCUT2D eigenvalue weighted by Gasteiger charge is -2.11. The van der Waals surface area contributed by atoms with Crippen molar-refractivity contribution in [2.75, 3.05) is 5.32 Å². The molecule has 0 aliphatic carbocycles. The van der Waals surface area contributed by atoms with Crippen molar-refractivity contribution in [1.82, 2.24) is 9.97 Å². The SMILES string of the molecule is O=[N+]([O-])c1cccc(Nc2nc(SCc3ccc(C(F)(F)F)cc3)nc3ccccc23)c1. The number of rotatable bonds is 6. The molecule has 10 heteroatoms. The minimum atomic E-state index is -4.37. The van der Waals surface area contributed by atoms with Gasteiger partial charge in [-0.05, 0) is 35.9 Å². The fourth-order valence-electron chi connectivity index (χ4n) is 2.99. The first kappa shape index (κ1) is 21.6. The Morgan fingerprint density at radius 1 is 0.969 bits per heavy atom. The number of anilines is 2. The average molecular weight is 456 g/mol. The maximum Gasteiger partial charge on any atom is 0.416 e. The van der Waals surface area contributed by atoms with Gasteiger partial charge < -0.3 is 5.32 Å². The van der Waals surface area contributed by atoms with Crippen LogP contribution in [-0.4, -0.2) is 14.9 Å². The summed E-state index contributed by atoms with van der Waals surface area (Å²) in [7, 11) is 0. The Morgan fingerprint density at radius 3 is 2.44 bits per heavy atom. The van der Waals surface area contributed by atoms with Gasteiger partial charge in [0.15, 0.2) is 5.16 Å². The number of hydrogen-bond donors (Lipinski definition) is 1. The molecule has 0 aliphatic heterocycles. The molecule has 0 bridgehead atoms. The number of benzene rings is 3. The number of fused-ring (bicyclic) bond motifs is 1. The highest BCUT2D eigenvalue weighted by Gasteiger charge is 2.29. The Hall–Kier alpha value is -3.66. The van der Waals surface area contributed by atoms with Crippen LogP contribution in [-0.2, 0) is 11.9 Å². The zero-order chi connectivity index (χ0) is 22.7. The molecule has 0 atom stereocenters. The van der Waals surface area contributed by atoms with Crippen LogP contribution in [0.25, 0.3) is 10.9 Å². The Bertz CT molecular complexity index is 1280. The van der Waals surface area contributed by atoms with Gasteiger partial charge in [0.2, 0.25) is 0 Å². The van der Waals surface area contributed by atoms with E-state index in [1.807, 2.05) is 24.3 Å². The van der Waals surface area contributed by atoms with Crippen molar-refractivity contribution < 1.29 is 18.1 Å². The van der Waals surface area contributed by atoms with E-state index in [4.69, 9.17) is 0 Å². The van der Waals surface area contributed by atoms with Crippen molar-refractivity contribution in [3.63, 3.8) is 0 Å². The first-order chi connectivity index (χ1) is 15.3. The number of nitrogens with one attached hydrogen (secondary N) is 1. The largest absolute Gasteiger partial charge is 0.416 e. The highest BCUT2D eigenvalue weighted by atomic mass is 32.2. The fraction of sp³-hybridized carbons (Fsp3) is 0.0909. The van der Waals surface area contributed by atoms with Gasteiger partial charge in [0.1, 0.15) is 5.82 Å². The molecule has 6 nitrogen and oxygen atoms in total. The lowest BCUT2D eigenvalue weighted by atomic mass is 10.1. The minimum absolute atomic E-state index is 0.0507. The summed E-state index contributed by atoms with van der Waals surface area (Å²) < 4.78 is 38.2. The summed E-state index contributed by atoms with van der Waals surface area (Å²) in [5.74, 6) is 0.859. The summed E-state index contributed by atoms with van der Waals surface area (Å²) in [4.78, 5) is 19.6. The number of hydrogen-bond acceptors (Lipinski definition) is 6. The van der Waals surface area contributed by atoms with Crippen molar-refractivity contribution >= 4 is 39.9 Å². The maximum absolute atomic E-state index is 12.7. The summed E-state index contributed by atoms with van der Waals surface area (Å²) in [5, 5.41) is 15.3. The maximum atomic E-state index is 12.7. The van der Waals surface area contributed by atoms with Gasteiger partial charge >= 0.3 is 6.18 Å². The van der Waals surface area contributed by atoms with Gasteiger partial charge in [0, 0.05) is 29.0 Å². The van der Waals surface area contributed by atoms with E-state index < -0.39 is 16.7 Å². The number of nitro benzene ring substituents is 1. The predicted molar refractivity (Wildman–Crippen MR) is 117 cm³/mol. The summed E-state index contributed by atoms with van der Waals surface area (Å²) in [6.07, 6.45) is -4.37. The van der Waals surface area contributed by atoms with Crippen LogP contribution in [0.3, 0.4) is 0 Å². The Labute approximate surface area is 184 Å². The average Bonchev–Trinajstić information content (AvgIpc) is 2.77. The van der Waals surface area contributed by atoms with Crippen molar-refractivity contribution in [3.05, 3.63) is 94.0 Å². The third-order valence-electron chi connectivity index (χ3n) is 4.55. The molecule has 4 rings (SSSR count). The van der Waals surface area contributed by atoms with E-state index in [1.165, 1.54) is 36.0 Å². The number of para-hydroxylation sites is 1. The van der Waals surface area contributed by atoms with Gasteiger partial charge in [-0.1, -0.05) is 42.1 Å². The Balaban J connectivity index is 1.59. The molecular formula is C22H15F3N4O2S. The molecule has 1 aromatic heterocycles. The fourth-order valence-corrected chi connectivity index (χ4v) is 3.79. The summed E-state index contributed by atoms with van der Waals surface area (Å²) in [6.45, 7) is 0. The van der Waals surface area contributed by atoms with E-state index in [9.17, 15) is 23.3 Å². The van der Waals surface area contributed by atoms with Gasteiger partial charge in [-0.25, -0.2) is 9.97 Å². The van der Waals surface area contributed by atoms with Crippen LogP contribution < -0.4 is 5.32 Å². The first-order valence-corrected chi connectivity index (χ1v) is 10.4. The van der Waals surface area contributed by atoms with E-state index in [1.54, 1.807) is 12.1 Å². The lowest BCUT2D eigenvalue weighted by Crippen LogP contribution is -2.04. The topological polar surface area (TPSA) is 81.0 Å². The van der Waals surface area contributed by atoms with E-state index >= 15 is 0 Å². The third-order valence-corrected chi connectivity index (χ3v) is 5.47. The van der Waals surface area contributed by atoms with Crippen molar-refractivity contribution in [1.29, 1.82) is 0 Å². The Morgan fingerprint density at radius 2 is 1.72 bits per heavy atom. The number of aromatic nitrogens is 2. The third kappa shape index (κ3) is 4.97. The van der Waals surface area contributed by atoms with Crippen molar-refractivity contribution in [3.8, 4) is 0 Å². The first-order valence-electron chi connectivity index (χ1n) is 9.37. The standard InChI is InChI=1S/C22H15F3N4O2S/c23-22(24,25)15-10-8-14(9-11-15)13-32-21-27-19-7-2-1-6-18(19)20(28-21)26-16-4-3-5-17(12-16)29(30)31/h1-12H,13H2,(H,26,27,28). The van der Waals surface area contributed by atoms with E-state index in [0.29, 0.717) is 33.5 Å². The van der Waals surface area contributed by atoms with Crippen LogP contribution in [0.4, 0.5) is 30.4 Å². The van der Waals surface area contributed by atoms with Crippen LogP contribution >= 0.6 is 11.8 Å². The second-order valence-corrected chi connectivity index (χ2v) is 7.73. The van der Waals surface area contributed by atoms with Crippen LogP contribution in [0.15, 0.2) is 78.0 Å². The molecule has 4 aromatic rings. The van der Waals surface area contributed by atoms with E-state index in [0.717, 1.165) is 17.5 Å². The number of nitro groups is 1. The van der Waals surface area contributed by atoms with Gasteiger partial charge in [0.25, 0.3) is 5.69 Å². The highest BCUT2D eigenvalue weighted by Crippen LogP contribution is 2.31. The van der Waals surface area contributed by atoms with Gasteiger partial charge in [0.05, 0.1) is 16.0 Å². The molecule has 0 radical (unpaired) electrons. The van der Waals surface area contributed by atoms with Crippen LogP contribution in [0.5, 0.6) is 0 Å². The zero-order valence-electron chi connectivity index (χ0n) is 16.3. The molecule has 0 spiro atoms. The highest BCUT2D eigenvalue weighted by molar-refractivity contribution is 7.98. The molecule has 0 unspecified atom stereocenters. The molecule has 162 valence electrons. The zero-order valence-corrected chi connectivity index (χ0v) is 17.2. The number of halogens is 3. The lowest BCUT2D eigenvalue weighted by molar-refractivity contribution is -0.384. The quantitative estimate of drug-likeness (QED) is 0.153. The second-order valence-electron chi connectivity index (χ2n) is 6.79. The Kier molecular flexibility index (Phi) is 5.95.